The lowest BCUT2D eigenvalue weighted by Gasteiger charge is -2.09. The molecule has 0 radical (unpaired) electrons. The van der Waals surface area contributed by atoms with Gasteiger partial charge in [0.05, 0.1) is 5.02 Å². The van der Waals surface area contributed by atoms with Crippen LogP contribution in [0.15, 0.2) is 85.5 Å². The van der Waals surface area contributed by atoms with E-state index in [1.807, 2.05) is 12.3 Å². The van der Waals surface area contributed by atoms with Crippen LogP contribution in [0.1, 0.15) is 38.3 Å². The molecule has 35 heavy (non-hydrogen) atoms. The van der Waals surface area contributed by atoms with Gasteiger partial charge in [-0.2, -0.15) is 0 Å². The van der Waals surface area contributed by atoms with Crippen molar-refractivity contribution in [1.82, 2.24) is 20.3 Å². The summed E-state index contributed by atoms with van der Waals surface area (Å²) in [7, 11) is 0. The Labute approximate surface area is 207 Å². The molecule has 5 nitrogen and oxygen atoms in total. The van der Waals surface area contributed by atoms with Crippen LogP contribution in [0.3, 0.4) is 0 Å². The minimum absolute atomic E-state index is 0.0537. The van der Waals surface area contributed by atoms with E-state index in [1.54, 1.807) is 36.8 Å². The zero-order valence-corrected chi connectivity index (χ0v) is 19.5. The lowest BCUT2D eigenvalue weighted by Crippen LogP contribution is -2.23. The number of aromatic amines is 1. The quantitative estimate of drug-likeness (QED) is 0.304. The lowest BCUT2D eigenvalue weighted by molar-refractivity contribution is 0.0950. The predicted octanol–water partition coefficient (Wildman–Crippen LogP) is 5.86. The Hall–Kier alpha value is -4.03. The minimum atomic E-state index is -0.404. The van der Waals surface area contributed by atoms with Gasteiger partial charge in [-0.3, -0.25) is 14.8 Å². The monoisotopic (exact) mass is 484 g/mol. The summed E-state index contributed by atoms with van der Waals surface area (Å²) in [4.78, 5) is 24.2. The molecule has 2 N–H and O–H groups in total. The molecular weight excluding hydrogens is 463 g/mol. The SMILES string of the molecule is O=C(NCc1cc2c(Cl)c[nH]c2cc1F)c1ccnc(Cc2ccc(Cc3cccnc3)cc2)c1. The van der Waals surface area contributed by atoms with Crippen molar-refractivity contribution in [1.29, 1.82) is 0 Å². The second kappa shape index (κ2) is 10.1. The van der Waals surface area contributed by atoms with Crippen LogP contribution < -0.4 is 5.32 Å². The van der Waals surface area contributed by atoms with E-state index in [9.17, 15) is 9.18 Å². The van der Waals surface area contributed by atoms with E-state index in [1.165, 1.54) is 11.6 Å². The van der Waals surface area contributed by atoms with Gasteiger partial charge in [0.1, 0.15) is 5.82 Å². The highest BCUT2D eigenvalue weighted by molar-refractivity contribution is 6.35. The summed E-state index contributed by atoms with van der Waals surface area (Å²) in [5, 5.41) is 4.02. The molecule has 7 heteroatoms. The summed E-state index contributed by atoms with van der Waals surface area (Å²) in [5.74, 6) is -0.696. The number of H-pyrrole nitrogens is 1. The normalized spacial score (nSPS) is 11.0. The largest absolute Gasteiger partial charge is 0.360 e. The van der Waals surface area contributed by atoms with Gasteiger partial charge in [-0.05, 0) is 53.4 Å². The number of hydrogen-bond donors (Lipinski definition) is 2. The Morgan fingerprint density at radius 3 is 2.54 bits per heavy atom. The van der Waals surface area contributed by atoms with E-state index in [0.29, 0.717) is 28.1 Å². The van der Waals surface area contributed by atoms with Crippen molar-refractivity contribution < 1.29 is 9.18 Å². The van der Waals surface area contributed by atoms with E-state index in [0.717, 1.165) is 28.6 Å². The fourth-order valence-electron chi connectivity index (χ4n) is 4.01. The van der Waals surface area contributed by atoms with Crippen LogP contribution >= 0.6 is 11.6 Å². The van der Waals surface area contributed by atoms with Crippen LogP contribution in [0, 0.1) is 5.82 Å². The van der Waals surface area contributed by atoms with Crippen LogP contribution in [0.25, 0.3) is 10.9 Å². The fourth-order valence-corrected chi connectivity index (χ4v) is 4.22. The molecule has 1 amide bonds. The average Bonchev–Trinajstić information content (AvgIpc) is 3.23. The number of aromatic nitrogens is 3. The topological polar surface area (TPSA) is 70.7 Å². The highest BCUT2D eigenvalue weighted by atomic mass is 35.5. The van der Waals surface area contributed by atoms with Gasteiger partial charge >= 0.3 is 0 Å². The molecular formula is C28H22ClFN4O. The molecule has 174 valence electrons. The van der Waals surface area contributed by atoms with Gasteiger partial charge in [0.25, 0.3) is 5.91 Å². The van der Waals surface area contributed by atoms with Crippen LogP contribution in [0.2, 0.25) is 5.02 Å². The smallest absolute Gasteiger partial charge is 0.251 e. The zero-order chi connectivity index (χ0) is 24.2. The van der Waals surface area contributed by atoms with Crippen molar-refractivity contribution in [3.05, 3.63) is 130 Å². The number of halogens is 2. The fraction of sp³-hybridized carbons (Fsp3) is 0.107. The Morgan fingerprint density at radius 1 is 0.971 bits per heavy atom. The van der Waals surface area contributed by atoms with Crippen LogP contribution in [0.5, 0.6) is 0 Å². The van der Waals surface area contributed by atoms with E-state index in [2.05, 4.69) is 50.6 Å². The van der Waals surface area contributed by atoms with Gasteiger partial charge in [-0.15, -0.1) is 0 Å². The third-order valence-electron chi connectivity index (χ3n) is 5.86. The molecule has 3 aromatic heterocycles. The average molecular weight is 485 g/mol. The van der Waals surface area contributed by atoms with Gasteiger partial charge in [-0.25, -0.2) is 4.39 Å². The maximum atomic E-state index is 14.4. The summed E-state index contributed by atoms with van der Waals surface area (Å²) in [6.07, 6.45) is 8.30. The zero-order valence-electron chi connectivity index (χ0n) is 18.8. The Bertz CT molecular complexity index is 1480. The molecule has 0 aliphatic carbocycles. The molecule has 0 saturated heterocycles. The van der Waals surface area contributed by atoms with Crippen molar-refractivity contribution in [3.63, 3.8) is 0 Å². The molecule has 5 rings (SSSR count). The summed E-state index contributed by atoms with van der Waals surface area (Å²) in [6.45, 7) is 0.0537. The van der Waals surface area contributed by atoms with E-state index in [-0.39, 0.29) is 12.5 Å². The molecule has 5 aromatic rings. The van der Waals surface area contributed by atoms with Crippen molar-refractivity contribution in [2.75, 3.05) is 0 Å². The van der Waals surface area contributed by atoms with Gasteiger partial charge in [0.15, 0.2) is 0 Å². The number of carbonyl (C=O) groups is 1. The van der Waals surface area contributed by atoms with Crippen molar-refractivity contribution in [2.45, 2.75) is 19.4 Å². The second-order valence-corrected chi connectivity index (χ2v) is 8.78. The highest BCUT2D eigenvalue weighted by Gasteiger charge is 2.12. The maximum Gasteiger partial charge on any atom is 0.251 e. The standard InChI is InChI=1S/C28H22ClFN4O/c29-25-17-33-27-14-26(30)22(13-24(25)27)16-34-28(35)21-7-9-32-23(12-21)11-19-5-3-18(4-6-19)10-20-2-1-8-31-15-20/h1-9,12-15,17,33H,10-11,16H2,(H,34,35). The van der Waals surface area contributed by atoms with Gasteiger partial charge < -0.3 is 10.3 Å². The van der Waals surface area contributed by atoms with Crippen molar-refractivity contribution >= 4 is 28.4 Å². The number of pyridine rings is 2. The Balaban J connectivity index is 1.23. The van der Waals surface area contributed by atoms with Crippen LogP contribution in [-0.2, 0) is 19.4 Å². The Kier molecular flexibility index (Phi) is 6.55. The number of benzene rings is 2. The first-order valence-electron chi connectivity index (χ1n) is 11.2. The summed E-state index contributed by atoms with van der Waals surface area (Å²) >= 11 is 6.13. The molecule has 0 spiro atoms. The molecule has 3 heterocycles. The van der Waals surface area contributed by atoms with E-state index in [4.69, 9.17) is 11.6 Å². The molecule has 0 saturated carbocycles. The first kappa shape index (κ1) is 22.7. The number of nitrogens with zero attached hydrogens (tertiary/aromatic N) is 2. The third kappa shape index (κ3) is 5.39. The summed E-state index contributed by atoms with van der Waals surface area (Å²) in [6, 6.07) is 18.8. The number of carbonyl (C=O) groups excluding carboxylic acids is 1. The second-order valence-electron chi connectivity index (χ2n) is 8.38. The van der Waals surface area contributed by atoms with E-state index >= 15 is 0 Å². The molecule has 0 bridgehead atoms. The highest BCUT2D eigenvalue weighted by Crippen LogP contribution is 2.25. The first-order valence-corrected chi connectivity index (χ1v) is 11.6. The van der Waals surface area contributed by atoms with E-state index < -0.39 is 5.82 Å². The van der Waals surface area contributed by atoms with Crippen molar-refractivity contribution in [3.8, 4) is 0 Å². The van der Waals surface area contributed by atoms with Crippen molar-refractivity contribution in [2.24, 2.45) is 0 Å². The minimum Gasteiger partial charge on any atom is -0.360 e. The lowest BCUT2D eigenvalue weighted by atomic mass is 10.0. The number of amides is 1. The first-order chi connectivity index (χ1) is 17.0. The third-order valence-corrected chi connectivity index (χ3v) is 6.17. The number of fused-ring (bicyclic) bond motifs is 1. The molecule has 2 aromatic carbocycles. The van der Waals surface area contributed by atoms with Crippen LogP contribution in [-0.4, -0.2) is 20.9 Å². The molecule has 0 aliphatic rings. The number of hydrogen-bond acceptors (Lipinski definition) is 3. The molecule has 0 unspecified atom stereocenters. The Morgan fingerprint density at radius 2 is 1.77 bits per heavy atom. The predicted molar refractivity (Wildman–Crippen MR) is 135 cm³/mol. The van der Waals surface area contributed by atoms with Crippen LogP contribution in [0.4, 0.5) is 4.39 Å². The molecule has 0 fully saturated rings. The van der Waals surface area contributed by atoms with Gasteiger partial charge in [-0.1, -0.05) is 41.9 Å². The summed E-state index contributed by atoms with van der Waals surface area (Å²) < 4.78 is 14.4. The van der Waals surface area contributed by atoms with Gasteiger partial charge in [0, 0.05) is 65.5 Å². The number of rotatable bonds is 7. The number of nitrogens with one attached hydrogen (secondary N) is 2. The summed E-state index contributed by atoms with van der Waals surface area (Å²) in [5.41, 5.74) is 5.71. The van der Waals surface area contributed by atoms with Gasteiger partial charge in [0.2, 0.25) is 0 Å². The molecule has 0 aliphatic heterocycles. The maximum absolute atomic E-state index is 14.4. The molecule has 0 atom stereocenters.